The first-order chi connectivity index (χ1) is 28.7. The van der Waals surface area contributed by atoms with Gasteiger partial charge in [0.25, 0.3) is 0 Å². The topological polar surface area (TPSA) is 29.5 Å². The van der Waals surface area contributed by atoms with Gasteiger partial charge in [0.1, 0.15) is 22.3 Å². The molecule has 0 atom stereocenters. The van der Waals surface area contributed by atoms with Crippen LogP contribution < -0.4 is 4.90 Å². The van der Waals surface area contributed by atoms with Crippen LogP contribution in [0.15, 0.2) is 221 Å². The molecule has 2 heterocycles. The first kappa shape index (κ1) is 32.6. The molecule has 58 heavy (non-hydrogen) atoms. The number of benzene rings is 9. The summed E-state index contributed by atoms with van der Waals surface area (Å²) < 4.78 is 12.8. The lowest BCUT2D eigenvalue weighted by molar-refractivity contribution is 0.669. The van der Waals surface area contributed by atoms with Crippen LogP contribution in [-0.4, -0.2) is 0 Å². The highest BCUT2D eigenvalue weighted by atomic mass is 16.3. The summed E-state index contributed by atoms with van der Waals surface area (Å²) in [7, 11) is 0. The van der Waals surface area contributed by atoms with Crippen molar-refractivity contribution in [3.8, 4) is 22.3 Å². The van der Waals surface area contributed by atoms with Crippen LogP contribution in [0.3, 0.4) is 0 Å². The molecule has 0 amide bonds. The molecule has 0 saturated heterocycles. The largest absolute Gasteiger partial charge is 0.456 e. The van der Waals surface area contributed by atoms with E-state index in [1.807, 2.05) is 24.3 Å². The molecule has 9 aromatic carbocycles. The molecule has 11 aromatic rings. The fourth-order valence-corrected chi connectivity index (χ4v) is 9.60. The average molecular weight is 742 g/mol. The average Bonchev–Trinajstić information content (AvgIpc) is 3.95. The van der Waals surface area contributed by atoms with Crippen LogP contribution in [-0.2, 0) is 5.41 Å². The fourth-order valence-electron chi connectivity index (χ4n) is 9.60. The Labute approximate surface area is 335 Å². The predicted octanol–water partition coefficient (Wildman–Crippen LogP) is 15.0. The summed E-state index contributed by atoms with van der Waals surface area (Å²) in [6.07, 6.45) is 0. The Morgan fingerprint density at radius 2 is 0.793 bits per heavy atom. The van der Waals surface area contributed by atoms with E-state index in [-0.39, 0.29) is 0 Å². The third-order valence-electron chi connectivity index (χ3n) is 12.2. The summed E-state index contributed by atoms with van der Waals surface area (Å²) in [4.78, 5) is 2.29. The van der Waals surface area contributed by atoms with Gasteiger partial charge in [-0.2, -0.15) is 0 Å². The summed E-state index contributed by atoms with van der Waals surface area (Å²) >= 11 is 0. The van der Waals surface area contributed by atoms with Crippen molar-refractivity contribution in [1.82, 2.24) is 0 Å². The molecule has 2 aromatic heterocycles. The molecule has 3 heteroatoms. The zero-order chi connectivity index (χ0) is 38.2. The van der Waals surface area contributed by atoms with Crippen molar-refractivity contribution in [2.24, 2.45) is 0 Å². The second kappa shape index (κ2) is 12.7. The Kier molecular flexibility index (Phi) is 7.14. The van der Waals surface area contributed by atoms with Gasteiger partial charge in [-0.1, -0.05) is 146 Å². The van der Waals surface area contributed by atoms with E-state index in [0.717, 1.165) is 66.5 Å². The van der Waals surface area contributed by atoms with Crippen LogP contribution in [0.5, 0.6) is 0 Å². The van der Waals surface area contributed by atoms with Crippen LogP contribution in [0.4, 0.5) is 17.1 Å². The highest BCUT2D eigenvalue weighted by Crippen LogP contribution is 2.56. The quantitative estimate of drug-likeness (QED) is 0.170. The Morgan fingerprint density at radius 1 is 0.310 bits per heavy atom. The van der Waals surface area contributed by atoms with E-state index < -0.39 is 5.41 Å². The predicted molar refractivity (Wildman–Crippen MR) is 238 cm³/mol. The van der Waals surface area contributed by atoms with E-state index in [0.29, 0.717) is 0 Å². The highest BCUT2D eigenvalue weighted by Gasteiger charge is 2.45. The van der Waals surface area contributed by atoms with Crippen LogP contribution >= 0.6 is 0 Å². The molecule has 0 aliphatic heterocycles. The van der Waals surface area contributed by atoms with Gasteiger partial charge in [0.15, 0.2) is 0 Å². The second-order valence-corrected chi connectivity index (χ2v) is 15.2. The lowest BCUT2D eigenvalue weighted by atomic mass is 9.67. The summed E-state index contributed by atoms with van der Waals surface area (Å²) in [6, 6.07) is 76.3. The fraction of sp³-hybridized carbons (Fsp3) is 0.0182. The molecule has 0 fully saturated rings. The van der Waals surface area contributed by atoms with E-state index in [4.69, 9.17) is 8.83 Å². The summed E-state index contributed by atoms with van der Waals surface area (Å²) in [5.41, 5.74) is 16.1. The molecule has 0 saturated carbocycles. The minimum absolute atomic E-state index is 0.453. The van der Waals surface area contributed by atoms with E-state index in [1.54, 1.807) is 0 Å². The normalized spacial score (nSPS) is 13.0. The number of hydrogen-bond donors (Lipinski definition) is 0. The SMILES string of the molecule is c1ccc(C2(c3cccc(-c4ccc(N(c5ccc6c(c5)oc5ccccc56)c5ccc6c(c5)oc5ccccc56)cc4)c3)c3ccccc3-c3ccccc32)cc1. The molecule has 12 rings (SSSR count). The number of rotatable bonds is 6. The van der Waals surface area contributed by atoms with E-state index in [1.165, 1.54) is 38.9 Å². The third-order valence-corrected chi connectivity index (χ3v) is 12.2. The van der Waals surface area contributed by atoms with E-state index in [9.17, 15) is 0 Å². The van der Waals surface area contributed by atoms with Gasteiger partial charge in [-0.25, -0.2) is 0 Å². The van der Waals surface area contributed by atoms with Crippen molar-refractivity contribution < 1.29 is 8.83 Å². The summed E-state index contributed by atoms with van der Waals surface area (Å²) in [5.74, 6) is 0. The minimum atomic E-state index is -0.453. The molecule has 3 nitrogen and oxygen atoms in total. The van der Waals surface area contributed by atoms with Gasteiger partial charge in [-0.05, 0) is 99.1 Å². The smallest absolute Gasteiger partial charge is 0.137 e. The van der Waals surface area contributed by atoms with E-state index >= 15 is 0 Å². The van der Waals surface area contributed by atoms with Gasteiger partial charge >= 0.3 is 0 Å². The molecule has 1 aliphatic rings. The van der Waals surface area contributed by atoms with E-state index in [2.05, 4.69) is 193 Å². The van der Waals surface area contributed by atoms with Crippen molar-refractivity contribution in [3.05, 3.63) is 235 Å². The molecule has 0 spiro atoms. The minimum Gasteiger partial charge on any atom is -0.456 e. The zero-order valence-corrected chi connectivity index (χ0v) is 31.5. The molecular weight excluding hydrogens is 707 g/mol. The Bertz CT molecular complexity index is 3190. The van der Waals surface area contributed by atoms with Crippen LogP contribution in [0.1, 0.15) is 22.3 Å². The third kappa shape index (κ3) is 4.80. The Morgan fingerprint density at radius 3 is 1.40 bits per heavy atom. The standard InChI is InChI=1S/C55H35NO2/c1-2-14-38(15-3-1)55(49-21-8-4-17-43(49)44-18-5-9-22-50(44)55)39-16-12-13-37(33-39)36-25-27-40(28-26-36)56(41-29-31-47-45-19-6-10-23-51(45)57-53(47)34-41)42-30-32-48-46-20-7-11-24-52(46)58-54(48)35-42/h1-35H. The number of para-hydroxylation sites is 2. The second-order valence-electron chi connectivity index (χ2n) is 15.2. The maximum atomic E-state index is 6.39. The van der Waals surface area contributed by atoms with Crippen LogP contribution in [0, 0.1) is 0 Å². The number of fused-ring (bicyclic) bond motifs is 9. The first-order valence-corrected chi connectivity index (χ1v) is 19.8. The zero-order valence-electron chi connectivity index (χ0n) is 31.5. The maximum absolute atomic E-state index is 6.39. The monoisotopic (exact) mass is 741 g/mol. The molecule has 272 valence electrons. The number of anilines is 3. The summed E-state index contributed by atoms with van der Waals surface area (Å²) in [5, 5.41) is 4.43. The van der Waals surface area contributed by atoms with Gasteiger partial charge in [0, 0.05) is 50.7 Å². The summed E-state index contributed by atoms with van der Waals surface area (Å²) in [6.45, 7) is 0. The van der Waals surface area contributed by atoms with Crippen molar-refractivity contribution in [3.63, 3.8) is 0 Å². The van der Waals surface area contributed by atoms with Crippen molar-refractivity contribution in [2.75, 3.05) is 4.90 Å². The van der Waals surface area contributed by atoms with Gasteiger partial charge in [0.2, 0.25) is 0 Å². The van der Waals surface area contributed by atoms with Gasteiger partial charge in [-0.3, -0.25) is 0 Å². The number of hydrogen-bond acceptors (Lipinski definition) is 3. The van der Waals surface area contributed by atoms with Gasteiger partial charge in [0.05, 0.1) is 5.41 Å². The number of furan rings is 2. The van der Waals surface area contributed by atoms with Crippen molar-refractivity contribution in [1.29, 1.82) is 0 Å². The molecule has 1 aliphatic carbocycles. The highest BCUT2D eigenvalue weighted by molar-refractivity contribution is 6.08. The Balaban J connectivity index is 0.995. The molecule has 0 bridgehead atoms. The van der Waals surface area contributed by atoms with Crippen LogP contribution in [0.2, 0.25) is 0 Å². The molecule has 0 radical (unpaired) electrons. The molecule has 0 unspecified atom stereocenters. The number of nitrogens with zero attached hydrogens (tertiary/aromatic N) is 1. The lowest BCUT2D eigenvalue weighted by Gasteiger charge is -2.34. The van der Waals surface area contributed by atoms with Crippen molar-refractivity contribution >= 4 is 60.9 Å². The lowest BCUT2D eigenvalue weighted by Crippen LogP contribution is -2.28. The molecule has 0 N–H and O–H groups in total. The molecular formula is C55H35NO2. The van der Waals surface area contributed by atoms with Gasteiger partial charge in [-0.15, -0.1) is 0 Å². The first-order valence-electron chi connectivity index (χ1n) is 19.8. The van der Waals surface area contributed by atoms with Crippen LogP contribution in [0.25, 0.3) is 66.1 Å². The maximum Gasteiger partial charge on any atom is 0.137 e. The van der Waals surface area contributed by atoms with Gasteiger partial charge < -0.3 is 13.7 Å². The van der Waals surface area contributed by atoms with Crippen molar-refractivity contribution in [2.45, 2.75) is 5.41 Å². The Hall–Kier alpha value is -7.62.